The van der Waals surface area contributed by atoms with Crippen LogP contribution in [-0.2, 0) is 14.8 Å². The van der Waals surface area contributed by atoms with E-state index in [9.17, 15) is 13.2 Å². The van der Waals surface area contributed by atoms with Gasteiger partial charge in [0, 0.05) is 11.1 Å². The molecular weight excluding hydrogens is 392 g/mol. The zero-order valence-corrected chi connectivity index (χ0v) is 17.0. The van der Waals surface area contributed by atoms with E-state index >= 15 is 0 Å². The lowest BCUT2D eigenvalue weighted by Gasteiger charge is -2.12. The maximum atomic E-state index is 12.6. The lowest BCUT2D eigenvalue weighted by molar-refractivity contribution is 0.0452. The molecule has 7 nitrogen and oxygen atoms in total. The smallest absolute Gasteiger partial charge is 0.339 e. The van der Waals surface area contributed by atoms with Crippen molar-refractivity contribution in [1.29, 1.82) is 0 Å². The number of pyridine rings is 1. The Hall–Kier alpha value is -2.97. The molecule has 0 fully saturated rings. The van der Waals surface area contributed by atoms with Gasteiger partial charge in [-0.1, -0.05) is 32.0 Å². The first-order valence-electron chi connectivity index (χ1n) is 9.08. The van der Waals surface area contributed by atoms with Gasteiger partial charge < -0.3 is 9.47 Å². The molecule has 3 aromatic rings. The van der Waals surface area contributed by atoms with E-state index in [4.69, 9.17) is 14.6 Å². The summed E-state index contributed by atoms with van der Waals surface area (Å²) in [5, 5.41) is 5.79. The number of esters is 1. The molecule has 8 heteroatoms. The van der Waals surface area contributed by atoms with Gasteiger partial charge in [-0.05, 0) is 42.3 Å². The van der Waals surface area contributed by atoms with Crippen molar-refractivity contribution in [2.75, 3.05) is 13.2 Å². The highest BCUT2D eigenvalue weighted by atomic mass is 32.2. The summed E-state index contributed by atoms with van der Waals surface area (Å²) in [7, 11) is -3.74. The van der Waals surface area contributed by atoms with Crippen LogP contribution in [0.1, 0.15) is 35.8 Å². The Kier molecular flexibility index (Phi) is 6.14. The molecule has 1 aromatic heterocycles. The third kappa shape index (κ3) is 5.10. The topological polar surface area (TPSA) is 109 Å². The maximum absolute atomic E-state index is 12.6. The van der Waals surface area contributed by atoms with Gasteiger partial charge in [0.05, 0.1) is 16.0 Å². The van der Waals surface area contributed by atoms with Crippen LogP contribution in [-0.4, -0.2) is 32.6 Å². The molecule has 0 aliphatic rings. The van der Waals surface area contributed by atoms with Gasteiger partial charge in [0.25, 0.3) is 0 Å². The first kappa shape index (κ1) is 20.8. The zero-order chi connectivity index (χ0) is 21.0. The number of benzene rings is 2. The fourth-order valence-electron chi connectivity index (χ4n) is 2.76. The van der Waals surface area contributed by atoms with Crippen LogP contribution in [0.5, 0.6) is 5.75 Å². The summed E-state index contributed by atoms with van der Waals surface area (Å²) < 4.78 is 33.3. The van der Waals surface area contributed by atoms with E-state index in [2.05, 4.69) is 4.98 Å². The lowest BCUT2D eigenvalue weighted by Crippen LogP contribution is -2.14. The Morgan fingerprint density at radius 1 is 1.07 bits per heavy atom. The van der Waals surface area contributed by atoms with Gasteiger partial charge in [-0.15, -0.1) is 0 Å². The van der Waals surface area contributed by atoms with Crippen LogP contribution in [0.25, 0.3) is 10.9 Å². The first-order chi connectivity index (χ1) is 13.8. The molecule has 0 saturated carbocycles. The number of carbonyl (C=O) groups excluding carboxylic acids is 1. The fraction of sp³-hybridized carbons (Fsp3) is 0.238. The SMILES string of the molecule is CC(C)c1cc(C(=O)OCCOc2ccc(S(N)(=O)=O)cc2)c2ccccc2n1. The molecule has 2 N–H and O–H groups in total. The first-order valence-corrected chi connectivity index (χ1v) is 10.6. The van der Waals surface area contributed by atoms with E-state index in [1.54, 1.807) is 6.07 Å². The second-order valence-corrected chi connectivity index (χ2v) is 8.33. The quantitative estimate of drug-likeness (QED) is 0.470. The minimum atomic E-state index is -3.74. The number of carbonyl (C=O) groups is 1. The number of fused-ring (bicyclic) bond motifs is 1. The molecule has 0 aliphatic carbocycles. The van der Waals surface area contributed by atoms with Crippen molar-refractivity contribution in [2.45, 2.75) is 24.7 Å². The number of sulfonamides is 1. The monoisotopic (exact) mass is 414 g/mol. The van der Waals surface area contributed by atoms with Crippen molar-refractivity contribution < 1.29 is 22.7 Å². The Balaban J connectivity index is 1.64. The molecule has 0 spiro atoms. The number of hydrogen-bond acceptors (Lipinski definition) is 6. The standard InChI is InChI=1S/C21H22N2O5S/c1-14(2)20-13-18(17-5-3-4-6-19(17)23-20)21(24)28-12-11-27-15-7-9-16(10-8-15)29(22,25)26/h3-10,13-14H,11-12H2,1-2H3,(H2,22,25,26). The summed E-state index contributed by atoms with van der Waals surface area (Å²) in [6.07, 6.45) is 0. The van der Waals surface area contributed by atoms with Gasteiger partial charge in [0.1, 0.15) is 19.0 Å². The molecule has 0 unspecified atom stereocenters. The van der Waals surface area contributed by atoms with Gasteiger partial charge in [-0.25, -0.2) is 18.4 Å². The maximum Gasteiger partial charge on any atom is 0.339 e. The van der Waals surface area contributed by atoms with Crippen molar-refractivity contribution >= 4 is 26.9 Å². The third-order valence-corrected chi connectivity index (χ3v) is 5.21. The predicted molar refractivity (Wildman–Crippen MR) is 109 cm³/mol. The molecule has 1 heterocycles. The van der Waals surface area contributed by atoms with Gasteiger partial charge >= 0.3 is 5.97 Å². The second kappa shape index (κ2) is 8.59. The number of nitrogens with two attached hydrogens (primary N) is 1. The Labute approximate surface area is 169 Å². The van der Waals surface area contributed by atoms with Crippen molar-refractivity contribution in [1.82, 2.24) is 4.98 Å². The van der Waals surface area contributed by atoms with Crippen LogP contribution in [0.15, 0.2) is 59.5 Å². The molecule has 0 atom stereocenters. The summed E-state index contributed by atoms with van der Waals surface area (Å²) in [6.45, 7) is 4.20. The summed E-state index contributed by atoms with van der Waals surface area (Å²) in [4.78, 5) is 17.2. The molecule has 0 aliphatic heterocycles. The minimum absolute atomic E-state index is 0.00167. The van der Waals surface area contributed by atoms with Crippen molar-refractivity contribution in [3.8, 4) is 5.75 Å². The number of aromatic nitrogens is 1. The largest absolute Gasteiger partial charge is 0.490 e. The molecule has 0 radical (unpaired) electrons. The van der Waals surface area contributed by atoms with E-state index in [0.717, 1.165) is 16.6 Å². The van der Waals surface area contributed by atoms with Crippen LogP contribution < -0.4 is 9.88 Å². The van der Waals surface area contributed by atoms with Crippen LogP contribution in [0.4, 0.5) is 0 Å². The fourth-order valence-corrected chi connectivity index (χ4v) is 3.27. The van der Waals surface area contributed by atoms with E-state index in [-0.39, 0.29) is 24.0 Å². The number of rotatable bonds is 7. The summed E-state index contributed by atoms with van der Waals surface area (Å²) in [5.41, 5.74) is 2.04. The highest BCUT2D eigenvalue weighted by molar-refractivity contribution is 7.89. The lowest BCUT2D eigenvalue weighted by atomic mass is 10.0. The highest BCUT2D eigenvalue weighted by Crippen LogP contribution is 2.23. The third-order valence-electron chi connectivity index (χ3n) is 4.28. The molecule has 2 aromatic carbocycles. The van der Waals surface area contributed by atoms with E-state index in [1.807, 2.05) is 38.1 Å². The summed E-state index contributed by atoms with van der Waals surface area (Å²) in [5.74, 6) is 0.179. The van der Waals surface area contributed by atoms with Gasteiger partial charge in [0.15, 0.2) is 0 Å². The minimum Gasteiger partial charge on any atom is -0.490 e. The Morgan fingerprint density at radius 2 is 1.76 bits per heavy atom. The summed E-state index contributed by atoms with van der Waals surface area (Å²) in [6, 6.07) is 14.9. The molecule has 152 valence electrons. The highest BCUT2D eigenvalue weighted by Gasteiger charge is 2.15. The summed E-state index contributed by atoms with van der Waals surface area (Å²) >= 11 is 0. The van der Waals surface area contributed by atoms with Crippen LogP contribution >= 0.6 is 0 Å². The number of primary sulfonamides is 1. The number of hydrogen-bond donors (Lipinski definition) is 1. The molecule has 0 bridgehead atoms. The van der Waals surface area contributed by atoms with E-state index in [0.29, 0.717) is 11.3 Å². The van der Waals surface area contributed by atoms with Gasteiger partial charge in [-0.2, -0.15) is 0 Å². The molecule has 0 amide bonds. The molecule has 29 heavy (non-hydrogen) atoms. The molecule has 3 rings (SSSR count). The average Bonchev–Trinajstić information content (AvgIpc) is 2.69. The van der Waals surface area contributed by atoms with Crippen LogP contribution in [0, 0.1) is 0 Å². The van der Waals surface area contributed by atoms with E-state index in [1.165, 1.54) is 24.3 Å². The number of ether oxygens (including phenoxy) is 2. The molecule has 0 saturated heterocycles. The molecular formula is C21H22N2O5S. The zero-order valence-electron chi connectivity index (χ0n) is 16.2. The average molecular weight is 414 g/mol. The normalized spacial score (nSPS) is 11.6. The van der Waals surface area contributed by atoms with Gasteiger partial charge in [-0.3, -0.25) is 4.98 Å². The van der Waals surface area contributed by atoms with Crippen molar-refractivity contribution in [2.24, 2.45) is 5.14 Å². The van der Waals surface area contributed by atoms with Crippen molar-refractivity contribution in [3.63, 3.8) is 0 Å². The predicted octanol–water partition coefficient (Wildman–Crippen LogP) is 3.24. The number of nitrogens with zero attached hydrogens (tertiary/aromatic N) is 1. The second-order valence-electron chi connectivity index (χ2n) is 6.77. The van der Waals surface area contributed by atoms with Crippen molar-refractivity contribution in [3.05, 3.63) is 65.9 Å². The van der Waals surface area contributed by atoms with E-state index < -0.39 is 16.0 Å². The Bertz CT molecular complexity index is 1130. The Morgan fingerprint density at radius 3 is 2.41 bits per heavy atom. The number of para-hydroxylation sites is 1. The van der Waals surface area contributed by atoms with Crippen LogP contribution in [0.2, 0.25) is 0 Å². The van der Waals surface area contributed by atoms with Gasteiger partial charge in [0.2, 0.25) is 10.0 Å². The van der Waals surface area contributed by atoms with Crippen LogP contribution in [0.3, 0.4) is 0 Å².